The molecule has 0 aromatic carbocycles. The van der Waals surface area contributed by atoms with Crippen LogP contribution in [-0.2, 0) is 4.79 Å². The smallest absolute Gasteiger partial charge is 0.405 e. The van der Waals surface area contributed by atoms with Crippen molar-refractivity contribution in [3.63, 3.8) is 0 Å². The molecule has 1 aliphatic carbocycles. The van der Waals surface area contributed by atoms with Gasteiger partial charge in [-0.3, -0.25) is 0 Å². The summed E-state index contributed by atoms with van der Waals surface area (Å²) in [6, 6.07) is 0. The normalized spacial score (nSPS) is 32.4. The number of carboxylic acids is 1. The van der Waals surface area contributed by atoms with E-state index in [0.717, 1.165) is 0 Å². The van der Waals surface area contributed by atoms with Crippen LogP contribution in [0.3, 0.4) is 0 Å². The van der Waals surface area contributed by atoms with Gasteiger partial charge in [0.25, 0.3) is 0 Å². The van der Waals surface area contributed by atoms with Crippen molar-refractivity contribution in [1.82, 2.24) is 0 Å². The van der Waals surface area contributed by atoms with E-state index in [9.17, 15) is 36.2 Å². The summed E-state index contributed by atoms with van der Waals surface area (Å²) < 4.78 is 73.1. The molecule has 0 radical (unpaired) electrons. The summed E-state index contributed by atoms with van der Waals surface area (Å²) in [5.41, 5.74) is -4.32. The van der Waals surface area contributed by atoms with Crippen LogP contribution in [0.4, 0.5) is 26.3 Å². The van der Waals surface area contributed by atoms with Crippen molar-refractivity contribution in [1.29, 1.82) is 0 Å². The van der Waals surface area contributed by atoms with Crippen LogP contribution in [-0.4, -0.2) is 28.0 Å². The highest BCUT2D eigenvalue weighted by Gasteiger charge is 2.96. The number of carbonyl (C=O) groups excluding carboxylic acids is 1. The second-order valence-electron chi connectivity index (χ2n) is 3.55. The highest BCUT2D eigenvalue weighted by molar-refractivity contribution is 9.12. The minimum Gasteiger partial charge on any atom is -0.550 e. The van der Waals surface area contributed by atoms with Gasteiger partial charge >= 0.3 is 12.4 Å². The van der Waals surface area contributed by atoms with Gasteiger partial charge in [-0.1, -0.05) is 31.9 Å². The largest absolute Gasteiger partial charge is 0.550 e. The molecule has 100 valence electrons. The standard InChI is InChI=1S/C7H4Br2F6O2/c8-1-4(9)2(3(16)17)5(4,6(10,11)12)7(13,14)15/h2H,1H2,(H,16,17)/p-1. The number of aliphatic carboxylic acids is 1. The monoisotopic (exact) mass is 391 g/mol. The minimum absolute atomic E-state index is 0.822. The molecule has 0 aromatic rings. The topological polar surface area (TPSA) is 40.1 Å². The second kappa shape index (κ2) is 3.75. The SMILES string of the molecule is O=C([O-])C1C(Br)(CBr)C1(C(F)(F)F)C(F)(F)F. The fourth-order valence-electron chi connectivity index (χ4n) is 2.00. The molecule has 2 unspecified atom stereocenters. The summed E-state index contributed by atoms with van der Waals surface area (Å²) in [5, 5.41) is 9.66. The molecule has 17 heavy (non-hydrogen) atoms. The molecular formula is C7H3Br2F6O2-. The Kier molecular flexibility index (Phi) is 3.32. The summed E-state index contributed by atoms with van der Waals surface area (Å²) in [4.78, 5) is 10.5. The fraction of sp³-hybridized carbons (Fsp3) is 0.857. The quantitative estimate of drug-likeness (QED) is 0.532. The third kappa shape index (κ3) is 1.62. The van der Waals surface area contributed by atoms with E-state index in [-0.39, 0.29) is 0 Å². The third-order valence-electron chi connectivity index (χ3n) is 2.79. The molecule has 2 atom stereocenters. The van der Waals surface area contributed by atoms with Crippen molar-refractivity contribution in [2.45, 2.75) is 16.7 Å². The average molecular weight is 393 g/mol. The molecule has 0 N–H and O–H groups in total. The van der Waals surface area contributed by atoms with E-state index in [1.807, 2.05) is 0 Å². The van der Waals surface area contributed by atoms with Crippen LogP contribution in [0.1, 0.15) is 0 Å². The Morgan fingerprint density at radius 1 is 1.18 bits per heavy atom. The van der Waals surface area contributed by atoms with E-state index in [4.69, 9.17) is 0 Å². The molecule has 1 aliphatic rings. The Bertz CT molecular complexity index is 337. The lowest BCUT2D eigenvalue weighted by molar-refractivity contribution is -0.330. The first kappa shape index (κ1) is 15.1. The molecule has 0 bridgehead atoms. The fourth-order valence-corrected chi connectivity index (χ4v) is 3.86. The maximum absolute atomic E-state index is 12.6. The zero-order valence-electron chi connectivity index (χ0n) is 7.62. The van der Waals surface area contributed by atoms with Gasteiger partial charge in [0, 0.05) is 17.2 Å². The van der Waals surface area contributed by atoms with E-state index >= 15 is 0 Å². The first-order valence-electron chi connectivity index (χ1n) is 3.97. The predicted octanol–water partition coefficient (Wildman–Crippen LogP) is 2.01. The van der Waals surface area contributed by atoms with Gasteiger partial charge in [-0.2, -0.15) is 26.3 Å². The summed E-state index contributed by atoms with van der Waals surface area (Å²) in [6.07, 6.45) is -11.5. The maximum atomic E-state index is 12.6. The molecule has 0 saturated heterocycles. The van der Waals surface area contributed by atoms with Crippen molar-refractivity contribution in [2.24, 2.45) is 11.3 Å². The van der Waals surface area contributed by atoms with Gasteiger partial charge in [0.15, 0.2) is 5.41 Å². The van der Waals surface area contributed by atoms with E-state index in [1.54, 1.807) is 0 Å². The molecular weight excluding hydrogens is 390 g/mol. The number of carbonyl (C=O) groups is 1. The molecule has 10 heteroatoms. The lowest BCUT2D eigenvalue weighted by atomic mass is 10.0. The number of carboxylic acid groups (broad SMARTS) is 1. The highest BCUT2D eigenvalue weighted by atomic mass is 79.9. The average Bonchev–Trinajstić information content (AvgIpc) is 2.67. The molecule has 0 aromatic heterocycles. The molecule has 1 fully saturated rings. The van der Waals surface area contributed by atoms with Crippen LogP contribution in [0, 0.1) is 11.3 Å². The van der Waals surface area contributed by atoms with E-state index in [2.05, 4.69) is 31.9 Å². The van der Waals surface area contributed by atoms with Gasteiger partial charge in [0.05, 0.1) is 4.32 Å². The van der Waals surface area contributed by atoms with Crippen molar-refractivity contribution in [3.8, 4) is 0 Å². The summed E-state index contributed by atoms with van der Waals surface area (Å²) in [7, 11) is 0. The zero-order chi connectivity index (χ0) is 13.9. The molecule has 2 nitrogen and oxygen atoms in total. The molecule has 0 amide bonds. The number of halogens is 8. The van der Waals surface area contributed by atoms with Gasteiger partial charge in [0.1, 0.15) is 0 Å². The summed E-state index contributed by atoms with van der Waals surface area (Å²) in [6.45, 7) is 0. The van der Waals surface area contributed by atoms with E-state index in [1.165, 1.54) is 0 Å². The molecule has 0 aliphatic heterocycles. The first-order chi connectivity index (χ1) is 7.38. The van der Waals surface area contributed by atoms with Gasteiger partial charge < -0.3 is 9.90 Å². The van der Waals surface area contributed by atoms with Crippen LogP contribution >= 0.6 is 31.9 Å². The molecule has 1 saturated carbocycles. The Balaban J connectivity index is 3.44. The Hall–Kier alpha value is 0.01000. The lowest BCUT2D eigenvalue weighted by Gasteiger charge is -2.26. The zero-order valence-corrected chi connectivity index (χ0v) is 10.8. The number of rotatable bonds is 2. The summed E-state index contributed by atoms with van der Waals surface area (Å²) >= 11 is 4.71. The number of hydrogen-bond donors (Lipinski definition) is 0. The van der Waals surface area contributed by atoms with Crippen molar-refractivity contribution >= 4 is 37.8 Å². The van der Waals surface area contributed by atoms with Crippen LogP contribution < -0.4 is 5.11 Å². The van der Waals surface area contributed by atoms with Crippen molar-refractivity contribution < 1.29 is 36.2 Å². The molecule has 0 spiro atoms. The van der Waals surface area contributed by atoms with Crippen molar-refractivity contribution in [2.75, 3.05) is 5.33 Å². The van der Waals surface area contributed by atoms with Gasteiger partial charge in [-0.05, 0) is 0 Å². The Labute approximate surface area is 108 Å². The van der Waals surface area contributed by atoms with Gasteiger partial charge in [0.2, 0.25) is 0 Å². The third-order valence-corrected chi connectivity index (χ3v) is 5.79. The number of hydrogen-bond acceptors (Lipinski definition) is 2. The Morgan fingerprint density at radius 3 is 1.59 bits per heavy atom. The molecule has 0 heterocycles. The lowest BCUT2D eigenvalue weighted by Crippen LogP contribution is -2.46. The predicted molar refractivity (Wildman–Crippen MR) is 48.5 cm³/mol. The highest BCUT2D eigenvalue weighted by Crippen LogP contribution is 2.79. The number of alkyl halides is 8. The van der Waals surface area contributed by atoms with Gasteiger partial charge in [-0.25, -0.2) is 0 Å². The minimum atomic E-state index is -5.74. The van der Waals surface area contributed by atoms with E-state index in [0.29, 0.717) is 0 Å². The second-order valence-corrected chi connectivity index (χ2v) is 5.53. The molecule has 1 rings (SSSR count). The van der Waals surface area contributed by atoms with Crippen LogP contribution in [0.25, 0.3) is 0 Å². The van der Waals surface area contributed by atoms with Gasteiger partial charge in [-0.15, -0.1) is 0 Å². The summed E-state index contributed by atoms with van der Waals surface area (Å²) in [5.74, 6) is -5.11. The van der Waals surface area contributed by atoms with Crippen LogP contribution in [0.2, 0.25) is 0 Å². The Morgan fingerprint density at radius 2 is 1.53 bits per heavy atom. The first-order valence-corrected chi connectivity index (χ1v) is 5.88. The van der Waals surface area contributed by atoms with Crippen LogP contribution in [0.5, 0.6) is 0 Å². The van der Waals surface area contributed by atoms with Crippen LogP contribution in [0.15, 0.2) is 0 Å². The van der Waals surface area contributed by atoms with E-state index < -0.39 is 39.3 Å². The maximum Gasteiger partial charge on any atom is 0.405 e. The van der Waals surface area contributed by atoms with Crippen molar-refractivity contribution in [3.05, 3.63) is 0 Å².